The van der Waals surface area contributed by atoms with Gasteiger partial charge in [0.25, 0.3) is 0 Å². The molecular weight excluding hydrogens is 290 g/mol. The molecule has 1 fully saturated rings. The van der Waals surface area contributed by atoms with E-state index in [9.17, 15) is 4.79 Å². The summed E-state index contributed by atoms with van der Waals surface area (Å²) in [7, 11) is 0. The van der Waals surface area contributed by atoms with Crippen LogP contribution in [0.5, 0.6) is 0 Å². The SMILES string of the molecule is CC(C)C(Br)C(=O)N1CCC(c2ccccc2)C1. The van der Waals surface area contributed by atoms with Crippen molar-refractivity contribution in [3.8, 4) is 0 Å². The number of benzene rings is 1. The van der Waals surface area contributed by atoms with Crippen LogP contribution in [0, 0.1) is 5.92 Å². The molecular formula is C15H20BrNO. The van der Waals surface area contributed by atoms with E-state index in [4.69, 9.17) is 0 Å². The molecule has 1 aromatic rings. The predicted octanol–water partition coefficient (Wildman–Crippen LogP) is 3.42. The Balaban J connectivity index is 1.99. The number of nitrogens with zero attached hydrogens (tertiary/aromatic N) is 1. The molecule has 1 amide bonds. The molecule has 3 heteroatoms. The molecule has 2 nitrogen and oxygen atoms in total. The van der Waals surface area contributed by atoms with E-state index in [-0.39, 0.29) is 10.7 Å². The third kappa shape index (κ3) is 2.94. The van der Waals surface area contributed by atoms with Gasteiger partial charge in [0.2, 0.25) is 5.91 Å². The first kappa shape index (κ1) is 13.6. The summed E-state index contributed by atoms with van der Waals surface area (Å²) in [6, 6.07) is 10.5. The Morgan fingerprint density at radius 2 is 2.00 bits per heavy atom. The first-order valence-corrected chi connectivity index (χ1v) is 7.49. The van der Waals surface area contributed by atoms with Crippen molar-refractivity contribution in [1.82, 2.24) is 4.90 Å². The van der Waals surface area contributed by atoms with Crippen molar-refractivity contribution >= 4 is 21.8 Å². The normalized spacial score (nSPS) is 21.3. The second-order valence-electron chi connectivity index (χ2n) is 5.33. The van der Waals surface area contributed by atoms with Crippen LogP contribution in [0.25, 0.3) is 0 Å². The molecule has 0 radical (unpaired) electrons. The Morgan fingerprint density at radius 1 is 1.33 bits per heavy atom. The lowest BCUT2D eigenvalue weighted by Crippen LogP contribution is -2.37. The van der Waals surface area contributed by atoms with Gasteiger partial charge in [0.1, 0.15) is 0 Å². The van der Waals surface area contributed by atoms with Crippen molar-refractivity contribution in [3.05, 3.63) is 35.9 Å². The summed E-state index contributed by atoms with van der Waals surface area (Å²) in [4.78, 5) is 14.2. The van der Waals surface area contributed by atoms with E-state index in [1.807, 2.05) is 11.0 Å². The summed E-state index contributed by atoms with van der Waals surface area (Å²) in [5.41, 5.74) is 1.35. The number of alkyl halides is 1. The Morgan fingerprint density at radius 3 is 2.61 bits per heavy atom. The van der Waals surface area contributed by atoms with Gasteiger partial charge in [-0.1, -0.05) is 60.1 Å². The van der Waals surface area contributed by atoms with Crippen LogP contribution in [-0.4, -0.2) is 28.7 Å². The minimum Gasteiger partial charge on any atom is -0.341 e. The molecule has 1 aliphatic rings. The minimum atomic E-state index is -0.0491. The van der Waals surface area contributed by atoms with Crippen LogP contribution in [0.4, 0.5) is 0 Å². The van der Waals surface area contributed by atoms with Crippen LogP contribution >= 0.6 is 15.9 Å². The summed E-state index contributed by atoms with van der Waals surface area (Å²) in [5.74, 6) is 1.08. The lowest BCUT2D eigenvalue weighted by Gasteiger charge is -2.22. The van der Waals surface area contributed by atoms with Gasteiger partial charge in [-0.3, -0.25) is 4.79 Å². The molecule has 1 heterocycles. The number of likely N-dealkylation sites (tertiary alicyclic amines) is 1. The molecule has 2 unspecified atom stereocenters. The maximum atomic E-state index is 12.2. The number of hydrogen-bond donors (Lipinski definition) is 0. The van der Waals surface area contributed by atoms with Crippen LogP contribution in [-0.2, 0) is 4.79 Å². The summed E-state index contributed by atoms with van der Waals surface area (Å²) >= 11 is 3.50. The van der Waals surface area contributed by atoms with E-state index in [0.29, 0.717) is 11.8 Å². The highest BCUT2D eigenvalue weighted by molar-refractivity contribution is 9.10. The van der Waals surface area contributed by atoms with Gasteiger partial charge in [0.15, 0.2) is 0 Å². The summed E-state index contributed by atoms with van der Waals surface area (Å²) in [6.45, 7) is 5.88. The largest absolute Gasteiger partial charge is 0.341 e. The second-order valence-corrected chi connectivity index (χ2v) is 6.31. The fraction of sp³-hybridized carbons (Fsp3) is 0.533. The number of rotatable bonds is 3. The average Bonchev–Trinajstić information content (AvgIpc) is 2.87. The van der Waals surface area contributed by atoms with Crippen LogP contribution in [0.3, 0.4) is 0 Å². The average molecular weight is 310 g/mol. The van der Waals surface area contributed by atoms with E-state index < -0.39 is 0 Å². The fourth-order valence-corrected chi connectivity index (χ4v) is 2.71. The molecule has 18 heavy (non-hydrogen) atoms. The first-order chi connectivity index (χ1) is 8.59. The maximum Gasteiger partial charge on any atom is 0.236 e. The van der Waals surface area contributed by atoms with E-state index in [1.54, 1.807) is 0 Å². The van der Waals surface area contributed by atoms with Crippen LogP contribution in [0.15, 0.2) is 30.3 Å². The molecule has 1 aliphatic heterocycles. The van der Waals surface area contributed by atoms with Gasteiger partial charge in [0.05, 0.1) is 4.83 Å². The molecule has 0 spiro atoms. The van der Waals surface area contributed by atoms with E-state index in [1.165, 1.54) is 5.56 Å². The quantitative estimate of drug-likeness (QED) is 0.783. The second kappa shape index (κ2) is 5.87. The summed E-state index contributed by atoms with van der Waals surface area (Å²) < 4.78 is 0. The lowest BCUT2D eigenvalue weighted by atomic mass is 9.99. The standard InChI is InChI=1S/C15H20BrNO/c1-11(2)14(16)15(18)17-9-8-13(10-17)12-6-4-3-5-7-12/h3-7,11,13-14H,8-10H2,1-2H3. The minimum absolute atomic E-state index is 0.0491. The molecule has 98 valence electrons. The van der Waals surface area contributed by atoms with Gasteiger partial charge in [-0.05, 0) is 17.9 Å². The Hall–Kier alpha value is -0.830. The van der Waals surface area contributed by atoms with Crippen LogP contribution in [0.1, 0.15) is 31.7 Å². The lowest BCUT2D eigenvalue weighted by molar-refractivity contribution is -0.130. The number of carbonyl (C=O) groups excluding carboxylic acids is 1. The third-order valence-corrected chi connectivity index (χ3v) is 5.04. The number of hydrogen-bond acceptors (Lipinski definition) is 1. The van der Waals surface area contributed by atoms with Crippen molar-refractivity contribution in [2.75, 3.05) is 13.1 Å². The van der Waals surface area contributed by atoms with Gasteiger partial charge in [-0.15, -0.1) is 0 Å². The molecule has 0 N–H and O–H groups in total. The van der Waals surface area contributed by atoms with E-state index >= 15 is 0 Å². The number of halogens is 1. The summed E-state index contributed by atoms with van der Waals surface area (Å²) in [5, 5.41) is 0. The highest BCUT2D eigenvalue weighted by Gasteiger charge is 2.31. The third-order valence-electron chi connectivity index (χ3n) is 3.59. The molecule has 2 atom stereocenters. The van der Waals surface area contributed by atoms with Crippen molar-refractivity contribution in [1.29, 1.82) is 0 Å². The van der Waals surface area contributed by atoms with Crippen molar-refractivity contribution < 1.29 is 4.79 Å². The van der Waals surface area contributed by atoms with Crippen LogP contribution in [0.2, 0.25) is 0 Å². The Bertz CT molecular complexity index is 404. The molecule has 0 aliphatic carbocycles. The monoisotopic (exact) mass is 309 g/mol. The van der Waals surface area contributed by atoms with Crippen molar-refractivity contribution in [2.24, 2.45) is 5.92 Å². The maximum absolute atomic E-state index is 12.2. The zero-order chi connectivity index (χ0) is 13.1. The topological polar surface area (TPSA) is 20.3 Å². The number of amides is 1. The Kier molecular flexibility index (Phi) is 4.44. The number of carbonyl (C=O) groups is 1. The molecule has 1 aromatic carbocycles. The molecule has 0 saturated carbocycles. The van der Waals surface area contributed by atoms with Gasteiger partial charge in [-0.25, -0.2) is 0 Å². The van der Waals surface area contributed by atoms with Crippen molar-refractivity contribution in [3.63, 3.8) is 0 Å². The highest BCUT2D eigenvalue weighted by atomic mass is 79.9. The zero-order valence-corrected chi connectivity index (χ0v) is 12.6. The zero-order valence-electron chi connectivity index (χ0n) is 11.0. The Labute approximate surface area is 117 Å². The summed E-state index contributed by atoms with van der Waals surface area (Å²) in [6.07, 6.45) is 1.08. The fourth-order valence-electron chi connectivity index (χ4n) is 2.42. The van der Waals surface area contributed by atoms with Crippen molar-refractivity contribution in [2.45, 2.75) is 31.0 Å². The predicted molar refractivity (Wildman–Crippen MR) is 77.9 cm³/mol. The first-order valence-electron chi connectivity index (χ1n) is 6.57. The van der Waals surface area contributed by atoms with Gasteiger partial charge >= 0.3 is 0 Å². The van der Waals surface area contributed by atoms with Gasteiger partial charge in [0, 0.05) is 19.0 Å². The molecule has 2 rings (SSSR count). The molecule has 0 bridgehead atoms. The highest BCUT2D eigenvalue weighted by Crippen LogP contribution is 2.28. The van der Waals surface area contributed by atoms with E-state index in [2.05, 4.69) is 54.0 Å². The van der Waals surface area contributed by atoms with Gasteiger partial charge in [-0.2, -0.15) is 0 Å². The smallest absolute Gasteiger partial charge is 0.236 e. The van der Waals surface area contributed by atoms with Crippen LogP contribution < -0.4 is 0 Å². The molecule has 1 saturated heterocycles. The molecule has 0 aromatic heterocycles. The van der Waals surface area contributed by atoms with E-state index in [0.717, 1.165) is 19.5 Å². The van der Waals surface area contributed by atoms with Gasteiger partial charge < -0.3 is 4.90 Å².